The lowest BCUT2D eigenvalue weighted by Gasteiger charge is -2.37. The Morgan fingerprint density at radius 1 is 1.21 bits per heavy atom. The van der Waals surface area contributed by atoms with Gasteiger partial charge in [0.1, 0.15) is 11.9 Å². The average Bonchev–Trinajstić information content (AvgIpc) is 3.00. The van der Waals surface area contributed by atoms with E-state index in [1.165, 1.54) is 0 Å². The van der Waals surface area contributed by atoms with Crippen molar-refractivity contribution in [3.63, 3.8) is 0 Å². The lowest BCUT2D eigenvalue weighted by Crippen LogP contribution is -2.50. The van der Waals surface area contributed by atoms with E-state index in [0.29, 0.717) is 26.1 Å². The first-order chi connectivity index (χ1) is 13.6. The molecule has 1 heterocycles. The third-order valence-electron chi connectivity index (χ3n) is 5.62. The Bertz CT molecular complexity index is 629. The predicted octanol–water partition coefficient (Wildman–Crippen LogP) is 2.72. The van der Waals surface area contributed by atoms with Gasteiger partial charge in [-0.15, -0.1) is 0 Å². The van der Waals surface area contributed by atoms with Gasteiger partial charge in [0.05, 0.1) is 19.3 Å². The van der Waals surface area contributed by atoms with Crippen LogP contribution in [-0.2, 0) is 9.53 Å². The van der Waals surface area contributed by atoms with Crippen molar-refractivity contribution >= 4 is 5.97 Å². The fraction of sp³-hybridized carbons (Fsp3) is 0.591. The number of carboxylic acid groups (broad SMARTS) is 1. The minimum atomic E-state index is -0.754. The molecule has 4 atom stereocenters. The summed E-state index contributed by atoms with van der Waals surface area (Å²) in [5.41, 5.74) is 0. The van der Waals surface area contributed by atoms with Gasteiger partial charge in [0.25, 0.3) is 0 Å². The van der Waals surface area contributed by atoms with Crippen LogP contribution in [0.5, 0.6) is 5.75 Å². The number of para-hydroxylation sites is 1. The lowest BCUT2D eigenvalue weighted by molar-refractivity contribution is -0.137. The number of ether oxygens (including phenoxy) is 2. The summed E-state index contributed by atoms with van der Waals surface area (Å²) in [5, 5.41) is 19.6. The summed E-state index contributed by atoms with van der Waals surface area (Å²) < 4.78 is 11.7. The maximum Gasteiger partial charge on any atom is 0.303 e. The van der Waals surface area contributed by atoms with E-state index in [-0.39, 0.29) is 24.5 Å². The van der Waals surface area contributed by atoms with Gasteiger partial charge in [0.2, 0.25) is 0 Å². The van der Waals surface area contributed by atoms with Crippen LogP contribution in [0.3, 0.4) is 0 Å². The van der Waals surface area contributed by atoms with Gasteiger partial charge >= 0.3 is 5.97 Å². The zero-order chi connectivity index (χ0) is 19.8. The molecule has 0 amide bonds. The molecule has 1 saturated carbocycles. The van der Waals surface area contributed by atoms with E-state index in [1.807, 2.05) is 30.3 Å². The van der Waals surface area contributed by atoms with Crippen molar-refractivity contribution in [2.24, 2.45) is 5.92 Å². The fourth-order valence-corrected chi connectivity index (χ4v) is 4.29. The molecule has 28 heavy (non-hydrogen) atoms. The lowest BCUT2D eigenvalue weighted by atomic mass is 9.94. The SMILES string of the molecule is O=C(O)CCC/C=C\C[C@@H]1[C@@H](N2CCOCC2)[C@H](O)C[C@@H]1Oc1ccccc1. The van der Waals surface area contributed by atoms with Gasteiger partial charge in [0.15, 0.2) is 0 Å². The topological polar surface area (TPSA) is 79.2 Å². The molecule has 2 fully saturated rings. The summed E-state index contributed by atoms with van der Waals surface area (Å²) in [6, 6.07) is 9.83. The van der Waals surface area contributed by atoms with E-state index in [1.54, 1.807) is 0 Å². The molecule has 1 aromatic rings. The maximum atomic E-state index is 10.8. The Labute approximate surface area is 166 Å². The second kappa shape index (κ2) is 10.6. The highest BCUT2D eigenvalue weighted by molar-refractivity contribution is 5.66. The standard InChI is InChI=1S/C22H31NO5/c24-19-16-20(28-17-8-4-3-5-9-17)18(10-6-1-2-7-11-21(25)26)22(19)23-12-14-27-15-13-23/h1,3-6,8-9,18-20,22,24H,2,7,10-16H2,(H,25,26)/b6-1-/t18-,19+,20-,22+/m0/s1. The number of benzene rings is 1. The summed E-state index contributed by atoms with van der Waals surface area (Å²) in [5.74, 6) is 0.262. The maximum absolute atomic E-state index is 10.8. The molecule has 0 spiro atoms. The summed E-state index contributed by atoms with van der Waals surface area (Å²) in [6.45, 7) is 3.06. The number of carbonyl (C=O) groups is 1. The van der Waals surface area contributed by atoms with Crippen molar-refractivity contribution < 1.29 is 24.5 Å². The number of aliphatic carboxylic acids is 1. The number of unbranched alkanes of at least 4 members (excludes halogenated alkanes) is 1. The molecule has 1 aliphatic heterocycles. The second-order valence-electron chi connectivity index (χ2n) is 7.57. The monoisotopic (exact) mass is 389 g/mol. The van der Waals surface area contributed by atoms with Gasteiger partial charge < -0.3 is 19.7 Å². The van der Waals surface area contributed by atoms with Crippen molar-refractivity contribution in [1.82, 2.24) is 4.90 Å². The van der Waals surface area contributed by atoms with Crippen molar-refractivity contribution in [2.45, 2.75) is 50.4 Å². The summed E-state index contributed by atoms with van der Waals surface area (Å²) >= 11 is 0. The molecule has 0 radical (unpaired) electrons. The van der Waals surface area contributed by atoms with Crippen LogP contribution in [0.25, 0.3) is 0 Å². The summed E-state index contributed by atoms with van der Waals surface area (Å²) in [6.07, 6.45) is 6.75. The first-order valence-electron chi connectivity index (χ1n) is 10.2. The molecule has 0 unspecified atom stereocenters. The van der Waals surface area contributed by atoms with Gasteiger partial charge in [-0.3, -0.25) is 9.69 Å². The van der Waals surface area contributed by atoms with Crippen LogP contribution in [0.2, 0.25) is 0 Å². The number of nitrogens with zero attached hydrogens (tertiary/aromatic N) is 1. The van der Waals surface area contributed by atoms with E-state index in [9.17, 15) is 9.90 Å². The summed E-state index contributed by atoms with van der Waals surface area (Å²) in [4.78, 5) is 13.0. The van der Waals surface area contributed by atoms with E-state index in [0.717, 1.165) is 31.7 Å². The molecule has 0 aromatic heterocycles. The highest BCUT2D eigenvalue weighted by Crippen LogP contribution is 2.36. The zero-order valence-corrected chi connectivity index (χ0v) is 16.3. The average molecular weight is 389 g/mol. The Morgan fingerprint density at radius 2 is 1.96 bits per heavy atom. The number of aliphatic hydroxyl groups is 1. The molecule has 2 N–H and O–H groups in total. The fourth-order valence-electron chi connectivity index (χ4n) is 4.29. The van der Waals surface area contributed by atoms with Crippen LogP contribution in [0.4, 0.5) is 0 Å². The minimum Gasteiger partial charge on any atom is -0.490 e. The van der Waals surface area contributed by atoms with E-state index in [2.05, 4.69) is 17.1 Å². The first kappa shape index (κ1) is 20.8. The van der Waals surface area contributed by atoms with Gasteiger partial charge in [-0.2, -0.15) is 0 Å². The van der Waals surface area contributed by atoms with Crippen LogP contribution in [0, 0.1) is 5.92 Å². The molecular weight excluding hydrogens is 358 g/mol. The molecular formula is C22H31NO5. The number of allylic oxidation sites excluding steroid dienone is 2. The molecule has 1 saturated heterocycles. The Kier molecular flexibility index (Phi) is 7.89. The molecule has 6 heteroatoms. The molecule has 6 nitrogen and oxygen atoms in total. The minimum absolute atomic E-state index is 0.0473. The number of hydrogen-bond donors (Lipinski definition) is 2. The molecule has 3 rings (SSSR count). The predicted molar refractivity (Wildman–Crippen MR) is 106 cm³/mol. The van der Waals surface area contributed by atoms with Crippen LogP contribution in [0.1, 0.15) is 32.1 Å². The highest BCUT2D eigenvalue weighted by Gasteiger charge is 2.46. The van der Waals surface area contributed by atoms with E-state index in [4.69, 9.17) is 14.6 Å². The third-order valence-corrected chi connectivity index (χ3v) is 5.62. The van der Waals surface area contributed by atoms with E-state index >= 15 is 0 Å². The highest BCUT2D eigenvalue weighted by atomic mass is 16.5. The first-order valence-corrected chi connectivity index (χ1v) is 10.2. The van der Waals surface area contributed by atoms with Crippen molar-refractivity contribution in [3.05, 3.63) is 42.5 Å². The molecule has 2 aliphatic rings. The smallest absolute Gasteiger partial charge is 0.303 e. The van der Waals surface area contributed by atoms with Gasteiger partial charge in [-0.05, 0) is 31.4 Å². The van der Waals surface area contributed by atoms with E-state index < -0.39 is 12.1 Å². The molecule has 1 aliphatic carbocycles. The molecule has 1 aromatic carbocycles. The number of rotatable bonds is 9. The largest absolute Gasteiger partial charge is 0.490 e. The Balaban J connectivity index is 1.65. The zero-order valence-electron chi connectivity index (χ0n) is 16.3. The normalized spacial score (nSPS) is 28.6. The number of hydrogen-bond acceptors (Lipinski definition) is 5. The molecule has 154 valence electrons. The summed E-state index contributed by atoms with van der Waals surface area (Å²) in [7, 11) is 0. The molecule has 0 bridgehead atoms. The van der Waals surface area contributed by atoms with Gasteiger partial charge in [-0.25, -0.2) is 0 Å². The number of aliphatic hydroxyl groups excluding tert-OH is 1. The number of carboxylic acids is 1. The van der Waals surface area contributed by atoms with Gasteiger partial charge in [-0.1, -0.05) is 30.4 Å². The third kappa shape index (κ3) is 5.80. The van der Waals surface area contributed by atoms with Crippen LogP contribution < -0.4 is 4.74 Å². The van der Waals surface area contributed by atoms with Crippen molar-refractivity contribution in [2.75, 3.05) is 26.3 Å². The Morgan fingerprint density at radius 3 is 2.68 bits per heavy atom. The van der Waals surface area contributed by atoms with Crippen LogP contribution in [-0.4, -0.2) is 65.6 Å². The van der Waals surface area contributed by atoms with Gasteiger partial charge in [0, 0.05) is 37.9 Å². The Hall–Kier alpha value is -1.89. The number of morpholine rings is 1. The van der Waals surface area contributed by atoms with Crippen molar-refractivity contribution in [1.29, 1.82) is 0 Å². The second-order valence-corrected chi connectivity index (χ2v) is 7.57. The van der Waals surface area contributed by atoms with Crippen molar-refractivity contribution in [3.8, 4) is 5.75 Å². The van der Waals surface area contributed by atoms with Crippen LogP contribution >= 0.6 is 0 Å². The van der Waals surface area contributed by atoms with Crippen LogP contribution in [0.15, 0.2) is 42.5 Å². The quantitative estimate of drug-likeness (QED) is 0.499.